The van der Waals surface area contributed by atoms with Crippen molar-refractivity contribution in [3.63, 3.8) is 0 Å². The molecule has 0 aliphatic carbocycles. The van der Waals surface area contributed by atoms with Crippen LogP contribution in [0.5, 0.6) is 5.75 Å². The molecule has 1 aliphatic heterocycles. The van der Waals surface area contributed by atoms with Crippen molar-refractivity contribution in [2.75, 3.05) is 19.8 Å². The summed E-state index contributed by atoms with van der Waals surface area (Å²) in [6, 6.07) is 5.52. The number of fused-ring (bicyclic) bond motifs is 1. The number of amides is 1. The van der Waals surface area contributed by atoms with Crippen molar-refractivity contribution in [1.29, 1.82) is 0 Å². The van der Waals surface area contributed by atoms with E-state index >= 15 is 0 Å². The minimum absolute atomic E-state index is 0.0909. The Morgan fingerprint density at radius 1 is 1.47 bits per heavy atom. The normalized spacial score (nSPS) is 13.7. The number of aryl methyl sites for hydroxylation is 1. The first-order chi connectivity index (χ1) is 8.31. The maximum Gasteiger partial charge on any atom is 0.251 e. The Hall–Kier alpha value is -1.55. The van der Waals surface area contributed by atoms with E-state index in [0.717, 1.165) is 30.8 Å². The minimum Gasteiger partial charge on any atom is -0.493 e. The van der Waals surface area contributed by atoms with Gasteiger partial charge in [-0.05, 0) is 43.0 Å². The van der Waals surface area contributed by atoms with Crippen molar-refractivity contribution in [3.05, 3.63) is 29.3 Å². The number of ether oxygens (including phenoxy) is 1. The summed E-state index contributed by atoms with van der Waals surface area (Å²) in [6.45, 7) is 1.36. The van der Waals surface area contributed by atoms with Crippen molar-refractivity contribution in [2.24, 2.45) is 0 Å². The maximum absolute atomic E-state index is 11.8. The molecule has 1 aromatic carbocycles. The largest absolute Gasteiger partial charge is 0.493 e. The average molecular weight is 235 g/mol. The van der Waals surface area contributed by atoms with Gasteiger partial charge >= 0.3 is 0 Å². The van der Waals surface area contributed by atoms with Crippen LogP contribution < -0.4 is 10.1 Å². The van der Waals surface area contributed by atoms with Crippen LogP contribution in [-0.4, -0.2) is 30.8 Å². The molecule has 4 heteroatoms. The highest BCUT2D eigenvalue weighted by Crippen LogP contribution is 2.25. The van der Waals surface area contributed by atoms with Gasteiger partial charge in [0.2, 0.25) is 0 Å². The summed E-state index contributed by atoms with van der Waals surface area (Å²) in [4.78, 5) is 11.8. The first kappa shape index (κ1) is 11.9. The van der Waals surface area contributed by atoms with Gasteiger partial charge in [-0.25, -0.2) is 0 Å². The number of benzene rings is 1. The number of carbonyl (C=O) groups is 1. The lowest BCUT2D eigenvalue weighted by Crippen LogP contribution is -2.25. The zero-order valence-electron chi connectivity index (χ0n) is 9.74. The summed E-state index contributed by atoms with van der Waals surface area (Å²) < 4.78 is 5.49. The molecular formula is C13H17NO3. The molecule has 0 saturated heterocycles. The van der Waals surface area contributed by atoms with Gasteiger partial charge in [0, 0.05) is 18.7 Å². The molecule has 0 fully saturated rings. The van der Waals surface area contributed by atoms with Crippen LogP contribution in [0.1, 0.15) is 28.8 Å². The molecule has 0 atom stereocenters. The number of hydrogen-bond acceptors (Lipinski definition) is 3. The lowest BCUT2D eigenvalue weighted by molar-refractivity contribution is 0.0951. The highest BCUT2D eigenvalue weighted by molar-refractivity contribution is 5.94. The van der Waals surface area contributed by atoms with E-state index in [1.165, 1.54) is 0 Å². The van der Waals surface area contributed by atoms with Crippen LogP contribution in [0.3, 0.4) is 0 Å². The molecule has 1 amide bonds. The summed E-state index contributed by atoms with van der Waals surface area (Å²) in [5.41, 5.74) is 1.76. The Morgan fingerprint density at radius 2 is 2.35 bits per heavy atom. The smallest absolute Gasteiger partial charge is 0.251 e. The Labute approximate surface area is 101 Å². The van der Waals surface area contributed by atoms with Crippen LogP contribution in [0.15, 0.2) is 18.2 Å². The number of hydrogen-bond donors (Lipinski definition) is 2. The topological polar surface area (TPSA) is 58.6 Å². The third-order valence-electron chi connectivity index (χ3n) is 2.79. The number of aliphatic hydroxyl groups is 1. The molecule has 4 nitrogen and oxygen atoms in total. The zero-order valence-corrected chi connectivity index (χ0v) is 9.74. The van der Waals surface area contributed by atoms with Gasteiger partial charge in [0.15, 0.2) is 0 Å². The van der Waals surface area contributed by atoms with Crippen LogP contribution in [0.4, 0.5) is 0 Å². The fraction of sp³-hybridized carbons (Fsp3) is 0.462. The van der Waals surface area contributed by atoms with E-state index in [0.29, 0.717) is 18.5 Å². The standard InChI is InChI=1S/C13H17NO3/c15-7-2-6-14-13(16)11-4-5-12-10(9-11)3-1-8-17-12/h4-5,9,15H,1-3,6-8H2,(H,14,16). The summed E-state index contributed by atoms with van der Waals surface area (Å²) in [7, 11) is 0. The van der Waals surface area contributed by atoms with E-state index in [-0.39, 0.29) is 12.5 Å². The van der Waals surface area contributed by atoms with E-state index in [2.05, 4.69) is 5.32 Å². The quantitative estimate of drug-likeness (QED) is 0.769. The second-order valence-electron chi connectivity index (χ2n) is 4.11. The van der Waals surface area contributed by atoms with Gasteiger partial charge in [0.1, 0.15) is 5.75 Å². The van der Waals surface area contributed by atoms with E-state index in [1.807, 2.05) is 12.1 Å². The average Bonchev–Trinajstić information content (AvgIpc) is 2.38. The highest BCUT2D eigenvalue weighted by Gasteiger charge is 2.13. The SMILES string of the molecule is O=C(NCCCO)c1ccc2c(c1)CCCO2. The molecule has 1 aromatic rings. The van der Waals surface area contributed by atoms with Gasteiger partial charge in [0.05, 0.1) is 6.61 Å². The highest BCUT2D eigenvalue weighted by atomic mass is 16.5. The third kappa shape index (κ3) is 2.97. The van der Waals surface area contributed by atoms with E-state index in [4.69, 9.17) is 9.84 Å². The van der Waals surface area contributed by atoms with Gasteiger partial charge < -0.3 is 15.2 Å². The molecule has 0 bridgehead atoms. The lowest BCUT2D eigenvalue weighted by Gasteiger charge is -2.17. The molecule has 2 N–H and O–H groups in total. The van der Waals surface area contributed by atoms with E-state index in [9.17, 15) is 4.79 Å². The van der Waals surface area contributed by atoms with Crippen molar-refractivity contribution in [1.82, 2.24) is 5.32 Å². The summed E-state index contributed by atoms with van der Waals surface area (Å²) in [5, 5.41) is 11.4. The molecule has 0 aromatic heterocycles. The summed E-state index contributed by atoms with van der Waals surface area (Å²) in [5.74, 6) is 0.801. The Balaban J connectivity index is 2.03. The first-order valence-corrected chi connectivity index (χ1v) is 5.96. The van der Waals surface area contributed by atoms with Gasteiger partial charge in [-0.1, -0.05) is 0 Å². The first-order valence-electron chi connectivity index (χ1n) is 5.96. The lowest BCUT2D eigenvalue weighted by atomic mass is 10.0. The number of nitrogens with one attached hydrogen (secondary N) is 1. The van der Waals surface area contributed by atoms with Gasteiger partial charge in [-0.3, -0.25) is 4.79 Å². The molecule has 92 valence electrons. The van der Waals surface area contributed by atoms with Crippen LogP contribution in [0.2, 0.25) is 0 Å². The van der Waals surface area contributed by atoms with Crippen LogP contribution >= 0.6 is 0 Å². The zero-order chi connectivity index (χ0) is 12.1. The predicted molar refractivity (Wildman–Crippen MR) is 64.3 cm³/mol. The van der Waals surface area contributed by atoms with Crippen LogP contribution in [0, 0.1) is 0 Å². The Morgan fingerprint density at radius 3 is 3.18 bits per heavy atom. The van der Waals surface area contributed by atoms with Gasteiger partial charge in [-0.15, -0.1) is 0 Å². The Bertz CT molecular complexity index is 404. The van der Waals surface area contributed by atoms with Crippen molar-refractivity contribution < 1.29 is 14.6 Å². The molecule has 1 heterocycles. The molecule has 2 rings (SSSR count). The molecular weight excluding hydrogens is 218 g/mol. The molecule has 0 spiro atoms. The van der Waals surface area contributed by atoms with Crippen molar-refractivity contribution in [3.8, 4) is 5.75 Å². The second kappa shape index (κ2) is 5.68. The van der Waals surface area contributed by atoms with Crippen LogP contribution in [-0.2, 0) is 6.42 Å². The number of aliphatic hydroxyl groups excluding tert-OH is 1. The van der Waals surface area contributed by atoms with Crippen molar-refractivity contribution >= 4 is 5.91 Å². The molecule has 17 heavy (non-hydrogen) atoms. The fourth-order valence-corrected chi connectivity index (χ4v) is 1.88. The molecule has 0 radical (unpaired) electrons. The van der Waals surface area contributed by atoms with Crippen LogP contribution in [0.25, 0.3) is 0 Å². The van der Waals surface area contributed by atoms with Gasteiger partial charge in [0.25, 0.3) is 5.91 Å². The second-order valence-corrected chi connectivity index (χ2v) is 4.11. The Kier molecular flexibility index (Phi) is 3.98. The monoisotopic (exact) mass is 235 g/mol. The van der Waals surface area contributed by atoms with Crippen molar-refractivity contribution in [2.45, 2.75) is 19.3 Å². The van der Waals surface area contributed by atoms with Gasteiger partial charge in [-0.2, -0.15) is 0 Å². The minimum atomic E-state index is -0.0909. The third-order valence-corrected chi connectivity index (χ3v) is 2.79. The predicted octanol–water partition coefficient (Wildman–Crippen LogP) is 1.12. The van der Waals surface area contributed by atoms with E-state index < -0.39 is 0 Å². The molecule has 0 saturated carbocycles. The van der Waals surface area contributed by atoms with E-state index in [1.54, 1.807) is 6.07 Å². The number of rotatable bonds is 4. The summed E-state index contributed by atoms with van der Waals surface area (Å²) in [6.07, 6.45) is 2.55. The maximum atomic E-state index is 11.8. The summed E-state index contributed by atoms with van der Waals surface area (Å²) >= 11 is 0. The number of carbonyl (C=O) groups excluding carboxylic acids is 1. The molecule has 1 aliphatic rings. The fourth-order valence-electron chi connectivity index (χ4n) is 1.88. The molecule has 0 unspecified atom stereocenters.